The van der Waals surface area contributed by atoms with Gasteiger partial charge in [0.2, 0.25) is 6.79 Å². The predicted octanol–water partition coefficient (Wildman–Crippen LogP) is 2.54. The molecule has 0 spiro atoms. The van der Waals surface area contributed by atoms with E-state index >= 15 is 0 Å². The van der Waals surface area contributed by atoms with Gasteiger partial charge in [0.1, 0.15) is 0 Å². The Morgan fingerprint density at radius 1 is 1.17 bits per heavy atom. The normalized spacial score (nSPS) is 20.0. The van der Waals surface area contributed by atoms with Gasteiger partial charge in [-0.3, -0.25) is 0 Å². The van der Waals surface area contributed by atoms with Crippen LogP contribution in [0.15, 0.2) is 18.2 Å². The lowest BCUT2D eigenvalue weighted by atomic mass is 9.77. The minimum atomic E-state index is 0.201. The van der Waals surface area contributed by atoms with E-state index in [1.54, 1.807) is 7.11 Å². The summed E-state index contributed by atoms with van der Waals surface area (Å²) in [6, 6.07) is 6.17. The fourth-order valence-electron chi connectivity index (χ4n) is 4.06. The number of aromatic hydroxyl groups is 1. The highest BCUT2D eigenvalue weighted by Gasteiger charge is 2.34. The van der Waals surface area contributed by atoms with Crippen molar-refractivity contribution in [2.24, 2.45) is 0 Å². The van der Waals surface area contributed by atoms with E-state index in [0.717, 1.165) is 42.0 Å². The number of phenolic OH excluding ortho intramolecular Hbond substituents is 1. The Balaban J connectivity index is 1.85. The van der Waals surface area contributed by atoms with Crippen molar-refractivity contribution in [3.8, 4) is 34.1 Å². The number of benzene rings is 2. The van der Waals surface area contributed by atoms with E-state index in [2.05, 4.69) is 11.4 Å². The maximum Gasteiger partial charge on any atom is 0.231 e. The summed E-state index contributed by atoms with van der Waals surface area (Å²) in [6.45, 7) is 1.18. The number of rotatable bonds is 1. The van der Waals surface area contributed by atoms with Gasteiger partial charge in [-0.15, -0.1) is 0 Å². The lowest BCUT2D eigenvalue weighted by Crippen LogP contribution is -2.33. The van der Waals surface area contributed by atoms with E-state index in [1.165, 1.54) is 16.7 Å². The number of ether oxygens (including phenoxy) is 3. The van der Waals surface area contributed by atoms with Crippen LogP contribution in [-0.4, -0.2) is 25.6 Å². The first-order chi connectivity index (χ1) is 11.3. The Hall–Kier alpha value is -2.40. The van der Waals surface area contributed by atoms with Crippen LogP contribution in [0.5, 0.6) is 23.0 Å². The van der Waals surface area contributed by atoms with Gasteiger partial charge in [-0.05, 0) is 59.8 Å². The molecule has 1 aliphatic carbocycles. The molecule has 5 nitrogen and oxygen atoms in total. The van der Waals surface area contributed by atoms with Crippen LogP contribution >= 0.6 is 0 Å². The van der Waals surface area contributed by atoms with E-state index in [-0.39, 0.29) is 18.6 Å². The molecule has 2 heterocycles. The smallest absolute Gasteiger partial charge is 0.231 e. The van der Waals surface area contributed by atoms with Gasteiger partial charge in [-0.25, -0.2) is 0 Å². The molecule has 5 rings (SSSR count). The molecule has 2 aliphatic heterocycles. The van der Waals surface area contributed by atoms with Gasteiger partial charge in [0.05, 0.1) is 7.11 Å². The molecule has 5 heteroatoms. The molecule has 0 radical (unpaired) electrons. The zero-order valence-corrected chi connectivity index (χ0v) is 12.8. The Morgan fingerprint density at radius 3 is 2.83 bits per heavy atom. The monoisotopic (exact) mass is 311 g/mol. The van der Waals surface area contributed by atoms with Crippen molar-refractivity contribution in [2.45, 2.75) is 18.9 Å². The topological polar surface area (TPSA) is 60.0 Å². The van der Waals surface area contributed by atoms with Crippen molar-refractivity contribution < 1.29 is 19.3 Å². The molecule has 0 saturated carbocycles. The van der Waals surface area contributed by atoms with Crippen molar-refractivity contribution in [3.63, 3.8) is 0 Å². The van der Waals surface area contributed by atoms with Crippen molar-refractivity contribution in [1.29, 1.82) is 0 Å². The summed E-state index contributed by atoms with van der Waals surface area (Å²) in [5.41, 5.74) is 5.69. The molecule has 3 aliphatic rings. The summed E-state index contributed by atoms with van der Waals surface area (Å²) in [7, 11) is 1.60. The lowest BCUT2D eigenvalue weighted by molar-refractivity contribution is 0.174. The molecule has 2 N–H and O–H groups in total. The van der Waals surface area contributed by atoms with E-state index in [9.17, 15) is 5.11 Å². The van der Waals surface area contributed by atoms with E-state index < -0.39 is 0 Å². The summed E-state index contributed by atoms with van der Waals surface area (Å²) in [5.74, 6) is 2.29. The molecule has 1 unspecified atom stereocenters. The number of hydrogen-bond donors (Lipinski definition) is 2. The predicted molar refractivity (Wildman–Crippen MR) is 84.4 cm³/mol. The van der Waals surface area contributed by atoms with Gasteiger partial charge >= 0.3 is 0 Å². The highest BCUT2D eigenvalue weighted by Crippen LogP contribution is 2.52. The van der Waals surface area contributed by atoms with Crippen LogP contribution in [0.1, 0.15) is 22.7 Å². The van der Waals surface area contributed by atoms with Crippen molar-refractivity contribution >= 4 is 0 Å². The second-order valence-electron chi connectivity index (χ2n) is 6.20. The third-order valence-electron chi connectivity index (χ3n) is 5.02. The van der Waals surface area contributed by atoms with Gasteiger partial charge in [-0.1, -0.05) is 0 Å². The zero-order chi connectivity index (χ0) is 15.6. The van der Waals surface area contributed by atoms with Crippen LogP contribution in [-0.2, 0) is 12.8 Å². The van der Waals surface area contributed by atoms with Gasteiger partial charge in [0.25, 0.3) is 0 Å². The molecule has 0 fully saturated rings. The first kappa shape index (κ1) is 13.1. The standard InChI is InChI=1S/C18H17NO4/c1-21-18-13(20)5-9-2-3-19-12-4-10-6-14-15(23-8-22-14)7-11(10)17(18)16(9)12/h5-7,12,19-20H,2-4,8H2,1H3. The summed E-state index contributed by atoms with van der Waals surface area (Å²) >= 11 is 0. The maximum atomic E-state index is 10.4. The minimum absolute atomic E-state index is 0.201. The summed E-state index contributed by atoms with van der Waals surface area (Å²) in [6.07, 6.45) is 1.82. The van der Waals surface area contributed by atoms with E-state index in [0.29, 0.717) is 5.75 Å². The molecule has 2 aromatic rings. The number of fused-ring (bicyclic) bond motifs is 3. The number of hydrogen-bond acceptors (Lipinski definition) is 5. The van der Waals surface area contributed by atoms with Gasteiger partial charge in [0.15, 0.2) is 23.0 Å². The van der Waals surface area contributed by atoms with Crippen LogP contribution in [0.25, 0.3) is 11.1 Å². The summed E-state index contributed by atoms with van der Waals surface area (Å²) < 4.78 is 16.6. The highest BCUT2D eigenvalue weighted by molar-refractivity contribution is 5.85. The minimum Gasteiger partial charge on any atom is -0.504 e. The fourth-order valence-corrected chi connectivity index (χ4v) is 4.06. The van der Waals surface area contributed by atoms with Gasteiger partial charge in [-0.2, -0.15) is 0 Å². The average molecular weight is 311 g/mol. The third-order valence-corrected chi connectivity index (χ3v) is 5.02. The molecule has 2 aromatic carbocycles. The molecular weight excluding hydrogens is 294 g/mol. The third kappa shape index (κ3) is 1.71. The Bertz CT molecular complexity index is 831. The second-order valence-corrected chi connectivity index (χ2v) is 6.20. The Labute approximate surface area is 133 Å². The van der Waals surface area contributed by atoms with Crippen LogP contribution in [0, 0.1) is 0 Å². The molecular formula is C18H17NO4. The number of methoxy groups -OCH3 is 1. The Kier molecular flexibility index (Phi) is 2.59. The lowest BCUT2D eigenvalue weighted by Gasteiger charge is -2.35. The van der Waals surface area contributed by atoms with Crippen molar-refractivity contribution in [2.75, 3.05) is 20.4 Å². The van der Waals surface area contributed by atoms with Crippen molar-refractivity contribution in [3.05, 3.63) is 34.9 Å². The quantitative estimate of drug-likeness (QED) is 0.847. The van der Waals surface area contributed by atoms with E-state index in [4.69, 9.17) is 14.2 Å². The molecule has 0 amide bonds. The number of phenols is 1. The van der Waals surface area contributed by atoms with Crippen LogP contribution in [0.4, 0.5) is 0 Å². The van der Waals surface area contributed by atoms with Crippen LogP contribution < -0.4 is 19.5 Å². The van der Waals surface area contributed by atoms with Crippen LogP contribution in [0.3, 0.4) is 0 Å². The largest absolute Gasteiger partial charge is 0.504 e. The SMILES string of the molecule is COc1c(O)cc2c3c1-c1cc4c(cc1CC3NCC2)OCO4. The molecule has 0 saturated heterocycles. The molecule has 0 aromatic heterocycles. The summed E-state index contributed by atoms with van der Waals surface area (Å²) in [5, 5.41) is 14.0. The fraction of sp³-hybridized carbons (Fsp3) is 0.333. The first-order valence-electron chi connectivity index (χ1n) is 7.85. The average Bonchev–Trinajstić information content (AvgIpc) is 3.00. The summed E-state index contributed by atoms with van der Waals surface area (Å²) in [4.78, 5) is 0. The zero-order valence-electron chi connectivity index (χ0n) is 12.8. The van der Waals surface area contributed by atoms with Crippen LogP contribution in [0.2, 0.25) is 0 Å². The first-order valence-corrected chi connectivity index (χ1v) is 7.85. The van der Waals surface area contributed by atoms with Gasteiger partial charge < -0.3 is 24.6 Å². The molecule has 0 bridgehead atoms. The number of nitrogens with one attached hydrogen (secondary N) is 1. The van der Waals surface area contributed by atoms with E-state index in [1.807, 2.05) is 12.1 Å². The van der Waals surface area contributed by atoms with Gasteiger partial charge in [0, 0.05) is 11.6 Å². The maximum absolute atomic E-state index is 10.4. The highest BCUT2D eigenvalue weighted by atomic mass is 16.7. The molecule has 1 atom stereocenters. The second kappa shape index (κ2) is 4.55. The molecule has 118 valence electrons. The van der Waals surface area contributed by atoms with Crippen molar-refractivity contribution in [1.82, 2.24) is 5.32 Å². The molecule has 23 heavy (non-hydrogen) atoms. The Morgan fingerprint density at radius 2 is 2.00 bits per heavy atom.